The number of amides is 1. The lowest BCUT2D eigenvalue weighted by Gasteiger charge is -2.23. The maximum absolute atomic E-state index is 13.5. The standard InChI is InChI=1S/C16H16FNO3/c1-8-2-5-11(7-12(8)17)18-15(19)13-9-3-4-10(6-9)14(13)16(20)21/h2-5,7,9-10,13-14H,6H2,1H3,(H,18,19)(H,20,21)/t9-,10-,13+,14-/m0/s1. The van der Waals surface area contributed by atoms with Gasteiger partial charge in [-0.2, -0.15) is 0 Å². The first kappa shape index (κ1) is 13.8. The maximum atomic E-state index is 13.5. The molecule has 0 spiro atoms. The van der Waals surface area contributed by atoms with Crippen LogP contribution in [0.2, 0.25) is 0 Å². The van der Waals surface area contributed by atoms with Gasteiger partial charge in [0.1, 0.15) is 5.82 Å². The van der Waals surface area contributed by atoms with Gasteiger partial charge in [0.05, 0.1) is 11.8 Å². The van der Waals surface area contributed by atoms with E-state index in [0.717, 1.165) is 0 Å². The Kier molecular flexibility index (Phi) is 3.27. The average molecular weight is 289 g/mol. The van der Waals surface area contributed by atoms with Crippen molar-refractivity contribution in [3.05, 3.63) is 41.7 Å². The third kappa shape index (κ3) is 2.33. The second kappa shape index (κ2) is 4.98. The lowest BCUT2D eigenvalue weighted by molar-refractivity contribution is -0.146. The molecule has 5 heteroatoms. The first-order chi connectivity index (χ1) is 9.97. The molecule has 1 aromatic carbocycles. The van der Waals surface area contributed by atoms with Crippen LogP contribution in [0.3, 0.4) is 0 Å². The van der Waals surface area contributed by atoms with Crippen molar-refractivity contribution in [2.45, 2.75) is 13.3 Å². The average Bonchev–Trinajstić information content (AvgIpc) is 3.03. The number of nitrogens with one attached hydrogen (secondary N) is 1. The number of rotatable bonds is 3. The van der Waals surface area contributed by atoms with Gasteiger partial charge in [0.2, 0.25) is 5.91 Å². The predicted molar refractivity (Wildman–Crippen MR) is 75.1 cm³/mol. The second-order valence-electron chi connectivity index (χ2n) is 5.79. The van der Waals surface area contributed by atoms with Crippen LogP contribution >= 0.6 is 0 Å². The Morgan fingerprint density at radius 3 is 2.52 bits per heavy atom. The number of fused-ring (bicyclic) bond motifs is 2. The summed E-state index contributed by atoms with van der Waals surface area (Å²) in [5.41, 5.74) is 0.859. The summed E-state index contributed by atoms with van der Waals surface area (Å²) >= 11 is 0. The first-order valence-corrected chi connectivity index (χ1v) is 6.95. The van der Waals surface area contributed by atoms with Crippen molar-refractivity contribution >= 4 is 17.6 Å². The van der Waals surface area contributed by atoms with Crippen molar-refractivity contribution in [2.75, 3.05) is 5.32 Å². The Balaban J connectivity index is 1.80. The Labute approximate surface area is 121 Å². The van der Waals surface area contributed by atoms with E-state index in [4.69, 9.17) is 0 Å². The minimum absolute atomic E-state index is 0.0357. The molecule has 21 heavy (non-hydrogen) atoms. The molecule has 4 atom stereocenters. The summed E-state index contributed by atoms with van der Waals surface area (Å²) in [4.78, 5) is 23.8. The van der Waals surface area contributed by atoms with Crippen LogP contribution < -0.4 is 5.32 Å². The maximum Gasteiger partial charge on any atom is 0.307 e. The number of hydrogen-bond acceptors (Lipinski definition) is 2. The summed E-state index contributed by atoms with van der Waals surface area (Å²) in [5, 5.41) is 12.0. The van der Waals surface area contributed by atoms with Crippen LogP contribution in [0.4, 0.5) is 10.1 Å². The van der Waals surface area contributed by atoms with Crippen molar-refractivity contribution in [1.29, 1.82) is 0 Å². The molecule has 0 radical (unpaired) electrons. The molecule has 3 rings (SSSR count). The van der Waals surface area contributed by atoms with E-state index in [0.29, 0.717) is 17.7 Å². The largest absolute Gasteiger partial charge is 0.481 e. The van der Waals surface area contributed by atoms with Gasteiger partial charge in [0, 0.05) is 5.69 Å². The zero-order valence-electron chi connectivity index (χ0n) is 11.5. The molecule has 0 unspecified atom stereocenters. The number of hydrogen-bond donors (Lipinski definition) is 2. The highest BCUT2D eigenvalue weighted by molar-refractivity contribution is 5.96. The number of carboxylic acids is 1. The highest BCUT2D eigenvalue weighted by Crippen LogP contribution is 2.48. The SMILES string of the molecule is Cc1ccc(NC(=O)[C@H]2[C@@H](C(=O)O)[C@H]3C=C[C@H]2C3)cc1F. The third-order valence-corrected chi connectivity index (χ3v) is 4.49. The first-order valence-electron chi connectivity index (χ1n) is 6.95. The van der Waals surface area contributed by atoms with E-state index >= 15 is 0 Å². The van der Waals surface area contributed by atoms with E-state index in [1.54, 1.807) is 19.1 Å². The highest BCUT2D eigenvalue weighted by atomic mass is 19.1. The molecule has 1 fully saturated rings. The quantitative estimate of drug-likeness (QED) is 0.841. The van der Waals surface area contributed by atoms with Crippen molar-refractivity contribution in [1.82, 2.24) is 0 Å². The minimum atomic E-state index is -0.943. The van der Waals surface area contributed by atoms with Gasteiger partial charge in [-0.1, -0.05) is 18.2 Å². The Morgan fingerprint density at radius 1 is 1.24 bits per heavy atom. The van der Waals surface area contributed by atoms with Crippen LogP contribution in [0.1, 0.15) is 12.0 Å². The number of halogens is 1. The van der Waals surface area contributed by atoms with Crippen LogP contribution in [0, 0.1) is 36.4 Å². The number of carbonyl (C=O) groups is 2. The fourth-order valence-electron chi connectivity index (χ4n) is 3.41. The van der Waals surface area contributed by atoms with Gasteiger partial charge >= 0.3 is 5.97 Å². The summed E-state index contributed by atoms with van der Waals surface area (Å²) in [5.74, 6) is -3.05. The lowest BCUT2D eigenvalue weighted by atomic mass is 9.82. The van der Waals surface area contributed by atoms with Gasteiger partial charge < -0.3 is 10.4 Å². The van der Waals surface area contributed by atoms with Crippen molar-refractivity contribution < 1.29 is 19.1 Å². The van der Waals surface area contributed by atoms with E-state index in [9.17, 15) is 19.1 Å². The molecule has 0 saturated heterocycles. The zero-order chi connectivity index (χ0) is 15.1. The topological polar surface area (TPSA) is 66.4 Å². The molecule has 0 aliphatic heterocycles. The highest BCUT2D eigenvalue weighted by Gasteiger charge is 2.51. The molecule has 1 saturated carbocycles. The molecule has 2 aliphatic rings. The molecule has 2 aliphatic carbocycles. The zero-order valence-corrected chi connectivity index (χ0v) is 11.5. The molecule has 1 amide bonds. The predicted octanol–water partition coefficient (Wildman–Crippen LogP) is 2.60. The van der Waals surface area contributed by atoms with Gasteiger partial charge in [-0.25, -0.2) is 4.39 Å². The number of allylic oxidation sites excluding steroid dienone is 2. The van der Waals surface area contributed by atoms with Gasteiger partial charge in [-0.05, 0) is 42.9 Å². The summed E-state index contributed by atoms with van der Waals surface area (Å²) in [6, 6.07) is 4.46. The fourth-order valence-corrected chi connectivity index (χ4v) is 3.41. The van der Waals surface area contributed by atoms with Crippen LogP contribution in [-0.2, 0) is 9.59 Å². The minimum Gasteiger partial charge on any atom is -0.481 e. The van der Waals surface area contributed by atoms with Crippen LogP contribution in [0.5, 0.6) is 0 Å². The molecule has 0 aromatic heterocycles. The van der Waals surface area contributed by atoms with Crippen LogP contribution in [-0.4, -0.2) is 17.0 Å². The summed E-state index contributed by atoms with van der Waals surface area (Å²) in [6.07, 6.45) is 4.51. The molecule has 2 N–H and O–H groups in total. The smallest absolute Gasteiger partial charge is 0.307 e. The third-order valence-electron chi connectivity index (χ3n) is 4.49. The fraction of sp³-hybridized carbons (Fsp3) is 0.375. The van der Waals surface area contributed by atoms with Crippen molar-refractivity contribution in [3.8, 4) is 0 Å². The second-order valence-corrected chi connectivity index (χ2v) is 5.79. The van der Waals surface area contributed by atoms with E-state index in [2.05, 4.69) is 5.32 Å². The van der Waals surface area contributed by atoms with Gasteiger partial charge in [-0.3, -0.25) is 9.59 Å². The number of anilines is 1. The Hall–Kier alpha value is -2.17. The number of benzene rings is 1. The van der Waals surface area contributed by atoms with E-state index in [-0.39, 0.29) is 17.7 Å². The Morgan fingerprint density at radius 2 is 1.90 bits per heavy atom. The van der Waals surface area contributed by atoms with E-state index < -0.39 is 23.6 Å². The monoisotopic (exact) mass is 289 g/mol. The number of carboxylic acid groups (broad SMARTS) is 1. The molecule has 1 aromatic rings. The normalized spacial score (nSPS) is 29.6. The van der Waals surface area contributed by atoms with E-state index in [1.807, 2.05) is 12.2 Å². The van der Waals surface area contributed by atoms with Crippen LogP contribution in [0.15, 0.2) is 30.4 Å². The number of aryl methyl sites for hydroxylation is 1. The Bertz CT molecular complexity index is 640. The van der Waals surface area contributed by atoms with Crippen molar-refractivity contribution in [2.24, 2.45) is 23.7 Å². The van der Waals surface area contributed by atoms with Gasteiger partial charge in [0.25, 0.3) is 0 Å². The molecule has 2 bridgehead atoms. The summed E-state index contributed by atoms with van der Waals surface area (Å²) in [6.45, 7) is 1.64. The summed E-state index contributed by atoms with van der Waals surface area (Å²) < 4.78 is 13.5. The molecule has 0 heterocycles. The van der Waals surface area contributed by atoms with Gasteiger partial charge in [-0.15, -0.1) is 0 Å². The number of aliphatic carboxylic acids is 1. The number of carbonyl (C=O) groups excluding carboxylic acids is 1. The van der Waals surface area contributed by atoms with E-state index in [1.165, 1.54) is 6.07 Å². The van der Waals surface area contributed by atoms with Crippen molar-refractivity contribution in [3.63, 3.8) is 0 Å². The molecule has 4 nitrogen and oxygen atoms in total. The van der Waals surface area contributed by atoms with Gasteiger partial charge in [0.15, 0.2) is 0 Å². The summed E-state index contributed by atoms with van der Waals surface area (Å²) in [7, 11) is 0. The van der Waals surface area contributed by atoms with Crippen LogP contribution in [0.25, 0.3) is 0 Å². The molecule has 110 valence electrons. The molecular weight excluding hydrogens is 273 g/mol. The molecular formula is C16H16FNO3. The lowest BCUT2D eigenvalue weighted by Crippen LogP contribution is -2.36.